The van der Waals surface area contributed by atoms with E-state index in [1.165, 1.54) is 12.0 Å². The van der Waals surface area contributed by atoms with Crippen LogP contribution in [0.3, 0.4) is 0 Å². The number of aromatic nitrogens is 1. The van der Waals surface area contributed by atoms with Crippen molar-refractivity contribution in [2.45, 2.75) is 19.5 Å². The third-order valence-electron chi connectivity index (χ3n) is 5.58. The van der Waals surface area contributed by atoms with Gasteiger partial charge >= 0.3 is 0 Å². The number of carbonyl (C=O) groups excluding carboxylic acids is 2. The summed E-state index contributed by atoms with van der Waals surface area (Å²) in [5, 5.41) is 11.6. The Morgan fingerprint density at radius 2 is 1.85 bits per heavy atom. The number of carbonyl (C=O) groups is 2. The van der Waals surface area contributed by atoms with Gasteiger partial charge in [0.15, 0.2) is 0 Å². The molecule has 1 aromatic heterocycles. The van der Waals surface area contributed by atoms with Crippen LogP contribution in [0.5, 0.6) is 11.5 Å². The third-order valence-corrected chi connectivity index (χ3v) is 5.91. The Bertz CT molecular complexity index is 1260. The molecule has 1 aliphatic rings. The maximum atomic E-state index is 13.3. The molecule has 0 saturated carbocycles. The molecule has 3 aromatic rings. The lowest BCUT2D eigenvalue weighted by Gasteiger charge is -2.26. The fourth-order valence-corrected chi connectivity index (χ4v) is 4.24. The summed E-state index contributed by atoms with van der Waals surface area (Å²) in [7, 11) is 1.51. The number of nitrogens with zero attached hydrogens (tertiary/aromatic N) is 2. The van der Waals surface area contributed by atoms with E-state index in [1.54, 1.807) is 67.0 Å². The van der Waals surface area contributed by atoms with Crippen molar-refractivity contribution in [3.63, 3.8) is 0 Å². The van der Waals surface area contributed by atoms with Gasteiger partial charge in [0, 0.05) is 30.1 Å². The maximum Gasteiger partial charge on any atom is 0.295 e. The number of ketones is 1. The van der Waals surface area contributed by atoms with E-state index >= 15 is 0 Å². The number of hydrogen-bond acceptors (Lipinski definition) is 6. The second-order valence-electron chi connectivity index (χ2n) is 7.60. The number of aliphatic hydroxyl groups excluding tert-OH is 1. The summed E-state index contributed by atoms with van der Waals surface area (Å²) in [5.74, 6) is -0.952. The summed E-state index contributed by atoms with van der Waals surface area (Å²) in [6.45, 7) is 2.39. The maximum absolute atomic E-state index is 13.3. The molecule has 174 valence electrons. The van der Waals surface area contributed by atoms with Crippen molar-refractivity contribution in [2.75, 3.05) is 13.7 Å². The first-order valence-corrected chi connectivity index (χ1v) is 11.1. The standard InChI is InChI=1S/C26H23ClN2O5/c1-3-34-17-8-9-20(27)19(14-17)24(30)22-23(18-6-4-5-7-21(18)33-2)29(26(32)25(22)31)15-16-10-12-28-13-11-16/h4-14,23,30H,3,15H2,1-2H3/b24-22+. The minimum atomic E-state index is -0.892. The number of benzene rings is 2. The average Bonchev–Trinajstić information content (AvgIpc) is 3.10. The molecule has 4 rings (SSSR count). The number of hydrogen-bond donors (Lipinski definition) is 1. The number of halogens is 1. The molecule has 1 aliphatic heterocycles. The number of rotatable bonds is 7. The van der Waals surface area contributed by atoms with E-state index in [1.807, 2.05) is 6.92 Å². The predicted octanol–water partition coefficient (Wildman–Crippen LogP) is 4.76. The second-order valence-corrected chi connectivity index (χ2v) is 8.01. The molecule has 0 aliphatic carbocycles. The van der Waals surface area contributed by atoms with Crippen molar-refractivity contribution in [3.05, 3.63) is 94.3 Å². The molecular weight excluding hydrogens is 456 g/mol. The lowest BCUT2D eigenvalue weighted by Crippen LogP contribution is -2.29. The number of Topliss-reactive ketones (excluding diaryl/α,β-unsaturated/α-hetero) is 1. The van der Waals surface area contributed by atoms with Crippen molar-refractivity contribution >= 4 is 29.1 Å². The number of para-hydroxylation sites is 1. The molecule has 1 unspecified atom stereocenters. The third kappa shape index (κ3) is 4.34. The van der Waals surface area contributed by atoms with Crippen LogP contribution in [0.2, 0.25) is 5.02 Å². The molecule has 1 N–H and O–H groups in total. The van der Waals surface area contributed by atoms with Gasteiger partial charge in [0.25, 0.3) is 11.7 Å². The van der Waals surface area contributed by atoms with Crippen LogP contribution in [0.15, 0.2) is 72.6 Å². The fourth-order valence-electron chi connectivity index (χ4n) is 4.03. The Kier molecular flexibility index (Phi) is 6.84. The van der Waals surface area contributed by atoms with Gasteiger partial charge in [-0.3, -0.25) is 14.6 Å². The lowest BCUT2D eigenvalue weighted by atomic mass is 9.94. The van der Waals surface area contributed by atoms with E-state index in [-0.39, 0.29) is 28.5 Å². The SMILES string of the molecule is CCOc1ccc(Cl)c(/C(O)=C2\C(=O)C(=O)N(Cc3ccncc3)C2c2ccccc2OC)c1. The highest BCUT2D eigenvalue weighted by atomic mass is 35.5. The molecule has 1 saturated heterocycles. The molecule has 1 atom stereocenters. The van der Waals surface area contributed by atoms with E-state index in [0.29, 0.717) is 23.7 Å². The molecule has 1 amide bonds. The zero-order valence-corrected chi connectivity index (χ0v) is 19.5. The lowest BCUT2D eigenvalue weighted by molar-refractivity contribution is -0.140. The van der Waals surface area contributed by atoms with Gasteiger partial charge in [-0.15, -0.1) is 0 Å². The summed E-state index contributed by atoms with van der Waals surface area (Å²) in [5.41, 5.74) is 1.48. The molecule has 0 bridgehead atoms. The van der Waals surface area contributed by atoms with Crippen LogP contribution in [-0.4, -0.2) is 40.4 Å². The summed E-state index contributed by atoms with van der Waals surface area (Å²) in [6.07, 6.45) is 3.23. The Morgan fingerprint density at radius 1 is 1.12 bits per heavy atom. The average molecular weight is 479 g/mol. The smallest absolute Gasteiger partial charge is 0.295 e. The zero-order valence-electron chi connectivity index (χ0n) is 18.7. The quantitative estimate of drug-likeness (QED) is 0.299. The molecule has 8 heteroatoms. The van der Waals surface area contributed by atoms with Crippen LogP contribution < -0.4 is 9.47 Å². The highest BCUT2D eigenvalue weighted by Gasteiger charge is 2.47. The Balaban J connectivity index is 1.92. The van der Waals surface area contributed by atoms with Crippen LogP contribution in [-0.2, 0) is 16.1 Å². The van der Waals surface area contributed by atoms with Crippen molar-refractivity contribution in [1.82, 2.24) is 9.88 Å². The minimum Gasteiger partial charge on any atom is -0.507 e. The van der Waals surface area contributed by atoms with Crippen LogP contribution in [0.1, 0.15) is 29.7 Å². The molecule has 2 heterocycles. The summed E-state index contributed by atoms with van der Waals surface area (Å²) in [4.78, 5) is 31.9. The number of likely N-dealkylation sites (tertiary alicyclic amines) is 1. The van der Waals surface area contributed by atoms with Crippen molar-refractivity contribution in [2.24, 2.45) is 0 Å². The Labute approximate surface area is 202 Å². The topological polar surface area (TPSA) is 89.0 Å². The van der Waals surface area contributed by atoms with E-state index in [2.05, 4.69) is 4.98 Å². The van der Waals surface area contributed by atoms with Crippen molar-refractivity contribution in [1.29, 1.82) is 0 Å². The highest BCUT2D eigenvalue weighted by molar-refractivity contribution is 6.47. The number of amides is 1. The van der Waals surface area contributed by atoms with Gasteiger partial charge in [-0.1, -0.05) is 29.8 Å². The number of methoxy groups -OCH3 is 1. The first kappa shape index (κ1) is 23.3. The zero-order chi connectivity index (χ0) is 24.2. The van der Waals surface area contributed by atoms with Crippen LogP contribution in [0.25, 0.3) is 5.76 Å². The molecule has 7 nitrogen and oxygen atoms in total. The predicted molar refractivity (Wildman–Crippen MR) is 128 cm³/mol. The van der Waals surface area contributed by atoms with E-state index < -0.39 is 17.7 Å². The molecular formula is C26H23ClN2O5. The first-order valence-electron chi connectivity index (χ1n) is 10.7. The van der Waals surface area contributed by atoms with Gasteiger partial charge < -0.3 is 19.5 Å². The molecule has 0 spiro atoms. The van der Waals surface area contributed by atoms with Gasteiger partial charge in [-0.2, -0.15) is 0 Å². The molecule has 34 heavy (non-hydrogen) atoms. The van der Waals surface area contributed by atoms with Crippen molar-refractivity contribution in [3.8, 4) is 11.5 Å². The summed E-state index contributed by atoms with van der Waals surface area (Å²) < 4.78 is 11.1. The largest absolute Gasteiger partial charge is 0.507 e. The highest BCUT2D eigenvalue weighted by Crippen LogP contribution is 2.44. The van der Waals surface area contributed by atoms with Gasteiger partial charge in [0.05, 0.1) is 30.4 Å². The first-order chi connectivity index (χ1) is 16.5. The monoisotopic (exact) mass is 478 g/mol. The number of ether oxygens (including phenoxy) is 2. The summed E-state index contributed by atoms with van der Waals surface area (Å²) >= 11 is 6.38. The molecule has 2 aromatic carbocycles. The van der Waals surface area contributed by atoms with Gasteiger partial charge in [0.2, 0.25) is 0 Å². The molecule has 1 fully saturated rings. The minimum absolute atomic E-state index is 0.0703. The van der Waals surface area contributed by atoms with E-state index in [0.717, 1.165) is 5.56 Å². The van der Waals surface area contributed by atoms with Gasteiger partial charge in [0.1, 0.15) is 17.3 Å². The summed E-state index contributed by atoms with van der Waals surface area (Å²) in [6, 6.07) is 14.5. The molecule has 0 radical (unpaired) electrons. The van der Waals surface area contributed by atoms with Crippen LogP contribution >= 0.6 is 11.6 Å². The van der Waals surface area contributed by atoms with Gasteiger partial charge in [-0.25, -0.2) is 0 Å². The fraction of sp³-hybridized carbons (Fsp3) is 0.192. The second kappa shape index (κ2) is 9.97. The van der Waals surface area contributed by atoms with E-state index in [4.69, 9.17) is 21.1 Å². The van der Waals surface area contributed by atoms with Crippen LogP contribution in [0.4, 0.5) is 0 Å². The Morgan fingerprint density at radius 3 is 2.56 bits per heavy atom. The normalized spacial score (nSPS) is 17.1. The van der Waals surface area contributed by atoms with Crippen molar-refractivity contribution < 1.29 is 24.2 Å². The van der Waals surface area contributed by atoms with Gasteiger partial charge in [-0.05, 0) is 48.9 Å². The number of aliphatic hydroxyl groups is 1. The van der Waals surface area contributed by atoms with Crippen LogP contribution in [0, 0.1) is 0 Å². The van der Waals surface area contributed by atoms with E-state index in [9.17, 15) is 14.7 Å². The Hall–Kier alpha value is -3.84. The number of pyridine rings is 1.